The van der Waals surface area contributed by atoms with E-state index in [-0.39, 0.29) is 11.4 Å². The third-order valence-electron chi connectivity index (χ3n) is 3.11. The van der Waals surface area contributed by atoms with E-state index >= 15 is 0 Å². The Morgan fingerprint density at radius 3 is 2.45 bits per heavy atom. The highest BCUT2D eigenvalue weighted by Crippen LogP contribution is 2.45. The van der Waals surface area contributed by atoms with E-state index < -0.39 is 11.9 Å². The third-order valence-corrected chi connectivity index (χ3v) is 6.28. The molecule has 1 aromatic rings. The molecule has 4 nitrogen and oxygen atoms in total. The summed E-state index contributed by atoms with van der Waals surface area (Å²) in [6, 6.07) is 3.46. The fourth-order valence-corrected chi connectivity index (χ4v) is 5.18. The molecule has 1 saturated heterocycles. The van der Waals surface area contributed by atoms with Crippen molar-refractivity contribution in [2.24, 2.45) is 0 Å². The number of hydrogen-bond donors (Lipinski definition) is 0. The van der Waals surface area contributed by atoms with E-state index in [1.54, 1.807) is 35.7 Å². The summed E-state index contributed by atoms with van der Waals surface area (Å²) < 4.78 is 11.8. The maximum absolute atomic E-state index is 12.2. The largest absolute Gasteiger partial charge is 0.466 e. The number of esters is 1. The van der Waals surface area contributed by atoms with Gasteiger partial charge in [-0.15, -0.1) is 23.5 Å². The Labute approximate surface area is 145 Å². The van der Waals surface area contributed by atoms with Crippen LogP contribution in [-0.4, -0.2) is 30.4 Å². The van der Waals surface area contributed by atoms with Gasteiger partial charge < -0.3 is 9.15 Å². The molecule has 0 spiro atoms. The summed E-state index contributed by atoms with van der Waals surface area (Å²) in [5.41, 5.74) is 0.736. The lowest BCUT2D eigenvalue weighted by Crippen LogP contribution is -2.18. The first kappa shape index (κ1) is 17.4. The summed E-state index contributed by atoms with van der Waals surface area (Å²) >= 11 is 6.49. The minimum Gasteiger partial charge on any atom is -0.466 e. The summed E-state index contributed by atoms with van der Waals surface area (Å²) in [5.74, 6) is 1.09. The van der Waals surface area contributed by atoms with Crippen molar-refractivity contribution in [3.05, 3.63) is 44.5 Å². The zero-order chi connectivity index (χ0) is 16.3. The molecule has 0 saturated carbocycles. The second-order valence-electron chi connectivity index (χ2n) is 4.55. The Morgan fingerprint density at radius 2 is 2.00 bits per heavy atom. The lowest BCUT2D eigenvalue weighted by molar-refractivity contribution is -0.136. The van der Waals surface area contributed by atoms with E-state index in [4.69, 9.17) is 9.15 Å². The van der Waals surface area contributed by atoms with Crippen molar-refractivity contribution in [3.8, 4) is 0 Å². The first-order valence-electron chi connectivity index (χ1n) is 6.48. The minimum absolute atomic E-state index is 0.0977. The second kappa shape index (κ2) is 7.57. The number of hydrogen-bond acceptors (Lipinski definition) is 6. The number of furan rings is 1. The molecule has 7 heteroatoms. The lowest BCUT2D eigenvalue weighted by atomic mass is 9.88. The average molecular weight is 403 g/mol. The molecule has 118 valence electrons. The third kappa shape index (κ3) is 3.70. The number of thioether (sulfide) groups is 2. The summed E-state index contributed by atoms with van der Waals surface area (Å²) in [5, 5.41) is 0. The molecule has 0 amide bonds. The quantitative estimate of drug-likeness (QED) is 0.544. The van der Waals surface area contributed by atoms with Gasteiger partial charge >= 0.3 is 5.97 Å². The number of ketones is 1. The van der Waals surface area contributed by atoms with Gasteiger partial charge in [-0.25, -0.2) is 4.79 Å². The number of carbonyl (C=O) groups excluding carboxylic acids is 2. The Morgan fingerprint density at radius 1 is 1.36 bits per heavy atom. The molecular weight excluding hydrogens is 388 g/mol. The zero-order valence-electron chi connectivity index (χ0n) is 12.2. The maximum atomic E-state index is 12.2. The first-order chi connectivity index (χ1) is 10.5. The molecule has 0 aliphatic carbocycles. The molecule has 1 aliphatic rings. The molecule has 1 fully saturated rings. The zero-order valence-corrected chi connectivity index (χ0v) is 15.4. The van der Waals surface area contributed by atoms with Crippen LogP contribution in [0.2, 0.25) is 0 Å². The van der Waals surface area contributed by atoms with Crippen LogP contribution in [0.5, 0.6) is 0 Å². The van der Waals surface area contributed by atoms with Crippen LogP contribution in [0.3, 0.4) is 0 Å². The van der Waals surface area contributed by atoms with Gasteiger partial charge in [0, 0.05) is 26.9 Å². The number of rotatable bonds is 5. The molecule has 0 aromatic carbocycles. The SMILES string of the molecule is C=C(C(=O)OC)C(C(C(C)=O)=C1SCCS1)c1ccc(Br)o1. The summed E-state index contributed by atoms with van der Waals surface area (Å²) in [7, 11) is 1.29. The van der Waals surface area contributed by atoms with Crippen molar-refractivity contribution < 1.29 is 18.7 Å². The first-order valence-corrected chi connectivity index (χ1v) is 9.25. The lowest BCUT2D eigenvalue weighted by Gasteiger charge is -2.19. The average Bonchev–Trinajstić information content (AvgIpc) is 3.14. The molecular formula is C15H15BrO4S2. The standard InChI is InChI=1S/C15H15BrO4S2/c1-8(14(18)19-3)12(10-4-5-11(16)20-10)13(9(2)17)15-21-6-7-22-15/h4-5,12H,1,6-7H2,2-3H3. The van der Waals surface area contributed by atoms with E-state index in [2.05, 4.69) is 22.5 Å². The molecule has 1 aliphatic heterocycles. The van der Waals surface area contributed by atoms with Crippen molar-refractivity contribution >= 4 is 51.2 Å². The van der Waals surface area contributed by atoms with Crippen LogP contribution in [0, 0.1) is 0 Å². The fourth-order valence-electron chi connectivity index (χ4n) is 2.15. The van der Waals surface area contributed by atoms with Crippen molar-refractivity contribution in [1.82, 2.24) is 0 Å². The van der Waals surface area contributed by atoms with Crippen molar-refractivity contribution in [2.75, 3.05) is 18.6 Å². The van der Waals surface area contributed by atoms with Crippen molar-refractivity contribution in [3.63, 3.8) is 0 Å². The molecule has 0 bridgehead atoms. The van der Waals surface area contributed by atoms with Gasteiger partial charge in [0.15, 0.2) is 10.5 Å². The van der Waals surface area contributed by atoms with Crippen LogP contribution in [0.25, 0.3) is 0 Å². The molecule has 0 radical (unpaired) electrons. The number of carbonyl (C=O) groups is 2. The van der Waals surface area contributed by atoms with Gasteiger partial charge in [0.2, 0.25) is 0 Å². The molecule has 0 N–H and O–H groups in total. The van der Waals surface area contributed by atoms with Crippen LogP contribution < -0.4 is 0 Å². The molecule has 1 unspecified atom stereocenters. The monoisotopic (exact) mass is 402 g/mol. The number of Topliss-reactive ketones (excluding diaryl/α,β-unsaturated/α-hetero) is 1. The van der Waals surface area contributed by atoms with Crippen LogP contribution in [0.4, 0.5) is 0 Å². The summed E-state index contributed by atoms with van der Waals surface area (Å²) in [6.07, 6.45) is 0. The Bertz CT molecular complexity index is 640. The molecule has 22 heavy (non-hydrogen) atoms. The Balaban J connectivity index is 2.56. The predicted octanol–water partition coefficient (Wildman–Crippen LogP) is 4.14. The fraction of sp³-hybridized carbons (Fsp3) is 0.333. The molecule has 2 rings (SSSR count). The van der Waals surface area contributed by atoms with Gasteiger partial charge in [-0.2, -0.15) is 0 Å². The van der Waals surface area contributed by atoms with Gasteiger partial charge in [0.1, 0.15) is 5.76 Å². The van der Waals surface area contributed by atoms with E-state index in [9.17, 15) is 9.59 Å². The van der Waals surface area contributed by atoms with Gasteiger partial charge in [0.25, 0.3) is 0 Å². The Kier molecular flexibility index (Phi) is 6.00. The van der Waals surface area contributed by atoms with Crippen molar-refractivity contribution in [2.45, 2.75) is 12.8 Å². The van der Waals surface area contributed by atoms with Crippen LogP contribution >= 0.6 is 39.5 Å². The van der Waals surface area contributed by atoms with E-state index in [0.717, 1.165) is 15.7 Å². The number of allylic oxidation sites excluding steroid dienone is 1. The van der Waals surface area contributed by atoms with E-state index in [1.807, 2.05) is 0 Å². The van der Waals surface area contributed by atoms with Crippen LogP contribution in [-0.2, 0) is 14.3 Å². The molecule has 1 atom stereocenters. The summed E-state index contributed by atoms with van der Waals surface area (Å²) in [6.45, 7) is 5.33. The summed E-state index contributed by atoms with van der Waals surface area (Å²) in [4.78, 5) is 24.2. The highest BCUT2D eigenvalue weighted by Gasteiger charge is 2.33. The highest BCUT2D eigenvalue weighted by molar-refractivity contribution is 9.10. The number of halogens is 1. The molecule has 1 aromatic heterocycles. The normalized spacial score (nSPS) is 15.5. The van der Waals surface area contributed by atoms with E-state index in [0.29, 0.717) is 16.0 Å². The maximum Gasteiger partial charge on any atom is 0.334 e. The minimum atomic E-state index is -0.635. The van der Waals surface area contributed by atoms with Crippen LogP contribution in [0.15, 0.2) is 43.2 Å². The molecule has 2 heterocycles. The van der Waals surface area contributed by atoms with Gasteiger partial charge in [-0.05, 0) is 35.0 Å². The van der Waals surface area contributed by atoms with Crippen molar-refractivity contribution in [1.29, 1.82) is 0 Å². The topological polar surface area (TPSA) is 56.5 Å². The Hall–Kier alpha value is -0.920. The van der Waals surface area contributed by atoms with Gasteiger partial charge in [-0.1, -0.05) is 6.58 Å². The van der Waals surface area contributed by atoms with E-state index in [1.165, 1.54) is 14.0 Å². The highest BCUT2D eigenvalue weighted by atomic mass is 79.9. The van der Waals surface area contributed by atoms with Gasteiger partial charge in [0.05, 0.1) is 13.0 Å². The smallest absolute Gasteiger partial charge is 0.334 e. The second-order valence-corrected chi connectivity index (χ2v) is 7.80. The number of methoxy groups -OCH3 is 1. The predicted molar refractivity (Wildman–Crippen MR) is 92.9 cm³/mol. The van der Waals surface area contributed by atoms with Crippen LogP contribution in [0.1, 0.15) is 18.6 Å². The van der Waals surface area contributed by atoms with Gasteiger partial charge in [-0.3, -0.25) is 4.79 Å². The number of ether oxygens (including phenoxy) is 1.